The molecule has 0 bridgehead atoms. The van der Waals surface area contributed by atoms with Crippen molar-refractivity contribution in [3.8, 4) is 0 Å². The molecule has 0 spiro atoms. The van der Waals surface area contributed by atoms with Gasteiger partial charge in [0.15, 0.2) is 5.84 Å². The van der Waals surface area contributed by atoms with Crippen LogP contribution in [0.3, 0.4) is 0 Å². The van der Waals surface area contributed by atoms with Crippen LogP contribution in [0.1, 0.15) is 21.5 Å². The minimum atomic E-state index is -0.434. The monoisotopic (exact) mass is 417 g/mol. The van der Waals surface area contributed by atoms with Crippen molar-refractivity contribution < 1.29 is 9.59 Å². The summed E-state index contributed by atoms with van der Waals surface area (Å²) in [6, 6.07) is 14.7. The summed E-state index contributed by atoms with van der Waals surface area (Å²) in [4.78, 5) is 36.0. The molecule has 150 valence electrons. The maximum absolute atomic E-state index is 13.3. The first kappa shape index (κ1) is 20.0. The fraction of sp³-hybridized carbons (Fsp3) is 0.167. The zero-order valence-electron chi connectivity index (χ0n) is 16.5. The summed E-state index contributed by atoms with van der Waals surface area (Å²) in [5.41, 5.74) is 3.23. The van der Waals surface area contributed by atoms with E-state index in [2.05, 4.69) is 9.98 Å². The van der Waals surface area contributed by atoms with Gasteiger partial charge in [-0.05, 0) is 42.8 Å². The molecule has 0 saturated heterocycles. The molecule has 1 aliphatic carbocycles. The number of carbonyl (C=O) groups excluding carboxylic acids is 2. The lowest BCUT2D eigenvalue weighted by Gasteiger charge is -2.25. The lowest BCUT2D eigenvalue weighted by atomic mass is 9.96. The molecule has 30 heavy (non-hydrogen) atoms. The predicted octanol–water partition coefficient (Wildman–Crippen LogP) is 4.41. The van der Waals surface area contributed by atoms with E-state index in [-0.39, 0.29) is 18.4 Å². The summed E-state index contributed by atoms with van der Waals surface area (Å²) in [6.45, 7) is 2.46. The van der Waals surface area contributed by atoms with Gasteiger partial charge in [0, 0.05) is 17.1 Å². The average molecular weight is 418 g/mol. The van der Waals surface area contributed by atoms with Gasteiger partial charge in [-0.1, -0.05) is 59.7 Å². The molecule has 1 atom stereocenters. The molecule has 1 aliphatic heterocycles. The van der Waals surface area contributed by atoms with Crippen LogP contribution in [-0.4, -0.2) is 34.8 Å². The number of aryl methyl sites for hydroxylation is 1. The molecule has 5 nitrogen and oxygen atoms in total. The molecule has 1 heterocycles. The average Bonchev–Trinajstić information content (AvgIpc) is 2.75. The zero-order valence-corrected chi connectivity index (χ0v) is 17.2. The van der Waals surface area contributed by atoms with Gasteiger partial charge in [0.05, 0.1) is 12.3 Å². The molecule has 0 saturated carbocycles. The van der Waals surface area contributed by atoms with Crippen LogP contribution in [0, 0.1) is 12.8 Å². The minimum absolute atomic E-state index is 0.134. The first-order chi connectivity index (χ1) is 14.5. The maximum atomic E-state index is 13.3. The highest BCUT2D eigenvalue weighted by Gasteiger charge is 2.28. The van der Waals surface area contributed by atoms with E-state index in [4.69, 9.17) is 11.6 Å². The Kier molecular flexibility index (Phi) is 5.72. The highest BCUT2D eigenvalue weighted by atomic mass is 35.5. The van der Waals surface area contributed by atoms with E-state index in [0.29, 0.717) is 28.7 Å². The third-order valence-electron chi connectivity index (χ3n) is 4.97. The topological polar surface area (TPSA) is 62.1 Å². The fourth-order valence-corrected chi connectivity index (χ4v) is 3.47. The van der Waals surface area contributed by atoms with Gasteiger partial charge in [0.2, 0.25) is 0 Å². The number of allylic oxidation sites excluding steroid dienone is 3. The van der Waals surface area contributed by atoms with Gasteiger partial charge in [-0.3, -0.25) is 9.59 Å². The number of rotatable bonds is 5. The molecule has 0 aromatic heterocycles. The Morgan fingerprint density at radius 3 is 2.47 bits per heavy atom. The Morgan fingerprint density at radius 2 is 1.73 bits per heavy atom. The summed E-state index contributed by atoms with van der Waals surface area (Å²) < 4.78 is 0. The van der Waals surface area contributed by atoms with Crippen molar-refractivity contribution in [3.63, 3.8) is 0 Å². The quantitative estimate of drug-likeness (QED) is 0.723. The second-order valence-corrected chi connectivity index (χ2v) is 7.71. The number of amides is 2. The molecule has 0 N–H and O–H groups in total. The molecule has 0 fully saturated rings. The van der Waals surface area contributed by atoms with E-state index in [9.17, 15) is 9.59 Å². The maximum Gasteiger partial charge on any atom is 0.260 e. The summed E-state index contributed by atoms with van der Waals surface area (Å²) >= 11 is 5.99. The zero-order chi connectivity index (χ0) is 21.1. The Hall–Kier alpha value is -3.31. The van der Waals surface area contributed by atoms with Crippen molar-refractivity contribution in [1.82, 2.24) is 4.90 Å². The number of benzene rings is 2. The Morgan fingerprint density at radius 1 is 1.00 bits per heavy atom. The third kappa shape index (κ3) is 4.47. The lowest BCUT2D eigenvalue weighted by molar-refractivity contribution is -0.118. The van der Waals surface area contributed by atoms with E-state index in [0.717, 1.165) is 11.1 Å². The van der Waals surface area contributed by atoms with Crippen molar-refractivity contribution in [2.24, 2.45) is 15.9 Å². The van der Waals surface area contributed by atoms with Crippen LogP contribution < -0.4 is 0 Å². The van der Waals surface area contributed by atoms with E-state index in [1.165, 1.54) is 0 Å². The molecular formula is C24H20ClN3O2. The first-order valence-electron chi connectivity index (χ1n) is 9.65. The van der Waals surface area contributed by atoms with Gasteiger partial charge in [-0.15, -0.1) is 0 Å². The van der Waals surface area contributed by atoms with Crippen molar-refractivity contribution in [1.29, 1.82) is 0 Å². The molecule has 1 unspecified atom stereocenters. The number of carbonyl (C=O) groups is 2. The van der Waals surface area contributed by atoms with Gasteiger partial charge in [0.1, 0.15) is 5.92 Å². The van der Waals surface area contributed by atoms with Crippen molar-refractivity contribution >= 4 is 35.0 Å². The largest absolute Gasteiger partial charge is 0.327 e. The van der Waals surface area contributed by atoms with E-state index in [1.54, 1.807) is 35.2 Å². The van der Waals surface area contributed by atoms with Crippen LogP contribution in [0.5, 0.6) is 0 Å². The van der Waals surface area contributed by atoms with Crippen LogP contribution in [0.2, 0.25) is 5.02 Å². The van der Waals surface area contributed by atoms with Gasteiger partial charge in [-0.25, -0.2) is 4.99 Å². The molecule has 6 heteroatoms. The number of hydrogen-bond acceptors (Lipinski definition) is 3. The Balaban J connectivity index is 1.62. The number of hydrogen-bond donors (Lipinski definition) is 0. The Bertz CT molecular complexity index is 1100. The fourth-order valence-electron chi connectivity index (χ4n) is 3.35. The number of amidine groups is 1. The molecule has 4 rings (SSSR count). The van der Waals surface area contributed by atoms with Gasteiger partial charge < -0.3 is 4.90 Å². The molecule has 2 aliphatic rings. The van der Waals surface area contributed by atoms with E-state index in [1.807, 2.05) is 49.4 Å². The van der Waals surface area contributed by atoms with Gasteiger partial charge in [-0.2, -0.15) is 4.99 Å². The summed E-state index contributed by atoms with van der Waals surface area (Å²) in [5, 5.41) is 0.631. The molecule has 2 aromatic rings. The smallest absolute Gasteiger partial charge is 0.260 e. The molecule has 2 aromatic carbocycles. The third-order valence-corrected chi connectivity index (χ3v) is 5.22. The second kappa shape index (κ2) is 8.59. The highest BCUT2D eigenvalue weighted by molar-refractivity contribution is 6.30. The van der Waals surface area contributed by atoms with Crippen molar-refractivity contribution in [2.45, 2.75) is 13.5 Å². The summed E-state index contributed by atoms with van der Waals surface area (Å²) in [7, 11) is 0. The summed E-state index contributed by atoms with van der Waals surface area (Å²) in [5.74, 6) is -0.511. The predicted molar refractivity (Wildman–Crippen MR) is 119 cm³/mol. The molecule has 0 radical (unpaired) electrons. The van der Waals surface area contributed by atoms with Crippen LogP contribution in [0.25, 0.3) is 0 Å². The molecular weight excluding hydrogens is 398 g/mol. The number of aliphatic imine (C=N–C) groups is 2. The highest BCUT2D eigenvalue weighted by Crippen LogP contribution is 2.19. The van der Waals surface area contributed by atoms with Crippen LogP contribution in [0.15, 0.2) is 82.8 Å². The SMILES string of the molecule is Cc1ccc(C(=O)N(CC2=NC(=O)C3C=CC=CC3=N2)Cc2ccc(Cl)cc2)cc1. The standard InChI is InChI=1S/C24H20ClN3O2/c1-16-6-10-18(11-7-16)24(30)28(14-17-8-12-19(25)13-9-17)15-22-26-21-5-3-2-4-20(21)23(29)27-22/h2-13,20H,14-15H2,1H3. The van der Waals surface area contributed by atoms with Gasteiger partial charge in [0.25, 0.3) is 11.8 Å². The Labute approximate surface area is 180 Å². The van der Waals surface area contributed by atoms with Crippen LogP contribution in [-0.2, 0) is 11.3 Å². The number of halogens is 1. The van der Waals surface area contributed by atoms with Crippen LogP contribution in [0.4, 0.5) is 0 Å². The van der Waals surface area contributed by atoms with Crippen LogP contribution >= 0.6 is 11.6 Å². The van der Waals surface area contributed by atoms with Crippen molar-refractivity contribution in [3.05, 3.63) is 94.5 Å². The number of fused-ring (bicyclic) bond motifs is 1. The number of nitrogens with zero attached hydrogens (tertiary/aromatic N) is 3. The lowest BCUT2D eigenvalue weighted by Crippen LogP contribution is -2.37. The van der Waals surface area contributed by atoms with E-state index >= 15 is 0 Å². The van der Waals surface area contributed by atoms with E-state index < -0.39 is 5.92 Å². The molecule has 2 amide bonds. The normalized spacial score (nSPS) is 17.3. The van der Waals surface area contributed by atoms with Gasteiger partial charge >= 0.3 is 0 Å². The minimum Gasteiger partial charge on any atom is -0.327 e. The second-order valence-electron chi connectivity index (χ2n) is 7.28. The summed E-state index contributed by atoms with van der Waals surface area (Å²) in [6.07, 6.45) is 7.25. The van der Waals surface area contributed by atoms with Crippen molar-refractivity contribution in [2.75, 3.05) is 6.54 Å². The first-order valence-corrected chi connectivity index (χ1v) is 10.0.